The molecule has 0 aliphatic carbocycles. The van der Waals surface area contributed by atoms with Crippen LogP contribution in [0.5, 0.6) is 0 Å². The molecule has 1 unspecified atom stereocenters. The lowest BCUT2D eigenvalue weighted by atomic mass is 10.1. The monoisotopic (exact) mass is 285 g/mol. The van der Waals surface area contributed by atoms with Crippen LogP contribution in [-0.2, 0) is 16.1 Å². The number of amides is 2. The van der Waals surface area contributed by atoms with Gasteiger partial charge in [0, 0.05) is 17.4 Å². The number of carbonyl (C=O) groups is 2. The highest BCUT2D eigenvalue weighted by molar-refractivity contribution is 6.04. The van der Waals surface area contributed by atoms with Crippen molar-refractivity contribution in [3.05, 3.63) is 41.7 Å². The first-order valence-electron chi connectivity index (χ1n) is 6.51. The average Bonchev–Trinajstić information content (AvgIpc) is 2.96. The van der Waals surface area contributed by atoms with Gasteiger partial charge in [0.2, 0.25) is 5.91 Å². The van der Waals surface area contributed by atoms with Crippen molar-refractivity contribution >= 4 is 23.2 Å². The molecular weight excluding hydrogens is 270 g/mol. The van der Waals surface area contributed by atoms with E-state index in [2.05, 4.69) is 15.7 Å². The fraction of sp³-hybridized carbons (Fsp3) is 0.214. The third kappa shape index (κ3) is 2.58. The van der Waals surface area contributed by atoms with Crippen molar-refractivity contribution in [2.75, 3.05) is 10.6 Å². The summed E-state index contributed by atoms with van der Waals surface area (Å²) in [6.07, 6.45) is 3.20. The molecule has 4 N–H and O–H groups in total. The summed E-state index contributed by atoms with van der Waals surface area (Å²) in [7, 11) is 0. The number of hydrogen-bond donors (Lipinski definition) is 3. The summed E-state index contributed by atoms with van der Waals surface area (Å²) in [6, 6.07) is 5.34. The number of carbonyl (C=O) groups excluding carboxylic acids is 2. The van der Waals surface area contributed by atoms with Crippen LogP contribution < -0.4 is 16.4 Å². The van der Waals surface area contributed by atoms with Crippen molar-refractivity contribution in [2.24, 2.45) is 5.73 Å². The number of nitrogens with one attached hydrogen (secondary N) is 2. The number of primary amides is 1. The first-order chi connectivity index (χ1) is 10.0. The molecule has 2 aromatic rings. The maximum absolute atomic E-state index is 12.1. The Hall–Kier alpha value is -2.83. The number of anilines is 2. The Morgan fingerprint density at radius 1 is 1.52 bits per heavy atom. The number of nitrogens with two attached hydrogens (primary N) is 1. The number of benzene rings is 1. The van der Waals surface area contributed by atoms with Gasteiger partial charge in [0.25, 0.3) is 5.91 Å². The first-order valence-corrected chi connectivity index (χ1v) is 6.51. The first kappa shape index (κ1) is 13.2. The van der Waals surface area contributed by atoms with Gasteiger partial charge < -0.3 is 16.4 Å². The van der Waals surface area contributed by atoms with E-state index >= 15 is 0 Å². The van der Waals surface area contributed by atoms with Crippen LogP contribution >= 0.6 is 0 Å². The largest absolute Gasteiger partial charge is 0.368 e. The van der Waals surface area contributed by atoms with Crippen LogP contribution in [0.1, 0.15) is 17.2 Å². The lowest BCUT2D eigenvalue weighted by Crippen LogP contribution is -2.20. The van der Waals surface area contributed by atoms with Crippen molar-refractivity contribution in [1.82, 2.24) is 9.78 Å². The molecule has 21 heavy (non-hydrogen) atoms. The summed E-state index contributed by atoms with van der Waals surface area (Å²) < 4.78 is 1.43. The number of hydrogen-bond acceptors (Lipinski definition) is 4. The molecule has 1 aromatic carbocycles. The molecule has 0 spiro atoms. The van der Waals surface area contributed by atoms with Crippen LogP contribution in [0.15, 0.2) is 30.6 Å². The predicted octanol–water partition coefficient (Wildman–Crippen LogP) is 0.782. The van der Waals surface area contributed by atoms with Crippen molar-refractivity contribution in [1.29, 1.82) is 0 Å². The van der Waals surface area contributed by atoms with Gasteiger partial charge in [-0.15, -0.1) is 0 Å². The number of aryl methyl sites for hydroxylation is 1. The molecule has 7 nitrogen and oxygen atoms in total. The SMILES string of the molecule is Cc1ccc2c(c1)C(Nc1cnn(CC(N)=O)c1)C(=O)N2. The molecule has 0 fully saturated rings. The summed E-state index contributed by atoms with van der Waals surface area (Å²) in [4.78, 5) is 22.9. The highest BCUT2D eigenvalue weighted by Gasteiger charge is 2.30. The Bertz CT molecular complexity index is 722. The molecule has 2 amide bonds. The van der Waals surface area contributed by atoms with Crippen LogP contribution in [0, 0.1) is 6.92 Å². The lowest BCUT2D eigenvalue weighted by Gasteiger charge is -2.11. The van der Waals surface area contributed by atoms with Crippen LogP contribution in [0.2, 0.25) is 0 Å². The van der Waals surface area contributed by atoms with Crippen molar-refractivity contribution in [3.63, 3.8) is 0 Å². The Balaban J connectivity index is 1.82. The Morgan fingerprint density at radius 3 is 3.10 bits per heavy atom. The van der Waals surface area contributed by atoms with E-state index in [-0.39, 0.29) is 12.5 Å². The molecule has 1 aliphatic rings. The van der Waals surface area contributed by atoms with Gasteiger partial charge in [-0.3, -0.25) is 14.3 Å². The minimum absolute atomic E-state index is 0.00817. The third-order valence-corrected chi connectivity index (χ3v) is 3.30. The van der Waals surface area contributed by atoms with Gasteiger partial charge >= 0.3 is 0 Å². The number of fused-ring (bicyclic) bond motifs is 1. The van der Waals surface area contributed by atoms with E-state index in [0.29, 0.717) is 5.69 Å². The quantitative estimate of drug-likeness (QED) is 0.772. The second-order valence-corrected chi connectivity index (χ2v) is 5.05. The molecule has 3 rings (SSSR count). The van der Waals surface area contributed by atoms with E-state index in [9.17, 15) is 9.59 Å². The van der Waals surface area contributed by atoms with E-state index in [0.717, 1.165) is 16.8 Å². The van der Waals surface area contributed by atoms with Gasteiger partial charge in [0.1, 0.15) is 12.6 Å². The van der Waals surface area contributed by atoms with E-state index in [4.69, 9.17) is 5.73 Å². The molecule has 1 atom stereocenters. The zero-order chi connectivity index (χ0) is 15.0. The number of aromatic nitrogens is 2. The van der Waals surface area contributed by atoms with E-state index in [1.54, 1.807) is 12.4 Å². The minimum atomic E-state index is -0.468. The topological polar surface area (TPSA) is 102 Å². The van der Waals surface area contributed by atoms with Crippen LogP contribution in [-0.4, -0.2) is 21.6 Å². The van der Waals surface area contributed by atoms with Crippen molar-refractivity contribution in [3.8, 4) is 0 Å². The second kappa shape index (κ2) is 4.93. The fourth-order valence-electron chi connectivity index (χ4n) is 2.38. The summed E-state index contributed by atoms with van der Waals surface area (Å²) in [5, 5.41) is 9.97. The summed E-state index contributed by atoms with van der Waals surface area (Å²) in [5.41, 5.74) is 8.58. The average molecular weight is 285 g/mol. The Kier molecular flexibility index (Phi) is 3.09. The van der Waals surface area contributed by atoms with Crippen LogP contribution in [0.25, 0.3) is 0 Å². The number of rotatable bonds is 4. The molecule has 0 radical (unpaired) electrons. The van der Waals surface area contributed by atoms with Crippen LogP contribution in [0.3, 0.4) is 0 Å². The Labute approximate surface area is 121 Å². The molecular formula is C14H15N5O2. The zero-order valence-corrected chi connectivity index (χ0v) is 11.5. The highest BCUT2D eigenvalue weighted by atomic mass is 16.2. The summed E-state index contributed by atoms with van der Waals surface area (Å²) >= 11 is 0. The molecule has 7 heteroatoms. The number of nitrogens with zero attached hydrogens (tertiary/aromatic N) is 2. The standard InChI is InChI=1S/C14H15N5O2/c1-8-2-3-11-10(4-8)13(14(21)18-11)17-9-5-16-19(6-9)7-12(15)20/h2-6,13,17H,7H2,1H3,(H2,15,20)(H,18,21). The molecule has 1 aromatic heterocycles. The van der Waals surface area contributed by atoms with Crippen LogP contribution in [0.4, 0.5) is 11.4 Å². The summed E-state index contributed by atoms with van der Waals surface area (Å²) in [5.74, 6) is -0.581. The van der Waals surface area contributed by atoms with E-state index in [1.807, 2.05) is 25.1 Å². The summed E-state index contributed by atoms with van der Waals surface area (Å²) in [6.45, 7) is 1.99. The second-order valence-electron chi connectivity index (χ2n) is 5.05. The van der Waals surface area contributed by atoms with Gasteiger partial charge in [0.15, 0.2) is 0 Å². The highest BCUT2D eigenvalue weighted by Crippen LogP contribution is 2.33. The smallest absolute Gasteiger partial charge is 0.251 e. The van der Waals surface area contributed by atoms with E-state index < -0.39 is 11.9 Å². The van der Waals surface area contributed by atoms with Gasteiger partial charge in [0.05, 0.1) is 11.9 Å². The normalized spacial score (nSPS) is 16.4. The molecule has 108 valence electrons. The molecule has 0 bridgehead atoms. The van der Waals surface area contributed by atoms with Gasteiger partial charge in [-0.1, -0.05) is 17.7 Å². The van der Waals surface area contributed by atoms with Gasteiger partial charge in [-0.25, -0.2) is 0 Å². The molecule has 0 saturated heterocycles. The van der Waals surface area contributed by atoms with Gasteiger partial charge in [-0.05, 0) is 13.0 Å². The molecule has 2 heterocycles. The van der Waals surface area contributed by atoms with Crippen molar-refractivity contribution < 1.29 is 9.59 Å². The van der Waals surface area contributed by atoms with Gasteiger partial charge in [-0.2, -0.15) is 5.10 Å². The van der Waals surface area contributed by atoms with Crippen molar-refractivity contribution in [2.45, 2.75) is 19.5 Å². The lowest BCUT2D eigenvalue weighted by molar-refractivity contribution is -0.119. The maximum Gasteiger partial charge on any atom is 0.251 e. The molecule has 0 saturated carbocycles. The Morgan fingerprint density at radius 2 is 2.33 bits per heavy atom. The fourth-order valence-corrected chi connectivity index (χ4v) is 2.38. The third-order valence-electron chi connectivity index (χ3n) is 3.30. The minimum Gasteiger partial charge on any atom is -0.368 e. The predicted molar refractivity (Wildman–Crippen MR) is 77.6 cm³/mol. The maximum atomic E-state index is 12.1. The van der Waals surface area contributed by atoms with E-state index in [1.165, 1.54) is 4.68 Å². The zero-order valence-electron chi connectivity index (χ0n) is 11.5. The molecule has 1 aliphatic heterocycles.